The van der Waals surface area contributed by atoms with Gasteiger partial charge >= 0.3 is 0 Å². The lowest BCUT2D eigenvalue weighted by Gasteiger charge is -2.10. The van der Waals surface area contributed by atoms with Gasteiger partial charge in [0.25, 0.3) is 5.91 Å². The van der Waals surface area contributed by atoms with Crippen molar-refractivity contribution >= 4 is 49.3 Å². The molecule has 2 aromatic heterocycles. The van der Waals surface area contributed by atoms with Gasteiger partial charge < -0.3 is 9.67 Å². The number of nitrogens with zero attached hydrogens (tertiary/aromatic N) is 4. The molecule has 0 atom stereocenters. The van der Waals surface area contributed by atoms with Crippen molar-refractivity contribution in [3.05, 3.63) is 88.4 Å². The monoisotopic (exact) mass is 526 g/mol. The van der Waals surface area contributed by atoms with E-state index in [1.807, 2.05) is 87.5 Å². The molecule has 0 radical (unpaired) electrons. The van der Waals surface area contributed by atoms with E-state index in [1.165, 1.54) is 0 Å². The van der Waals surface area contributed by atoms with Gasteiger partial charge in [0.15, 0.2) is 5.69 Å². The molecule has 0 unspecified atom stereocenters. The van der Waals surface area contributed by atoms with Gasteiger partial charge in [0.2, 0.25) is 5.88 Å². The normalized spacial score (nSPS) is 11.8. The van der Waals surface area contributed by atoms with Crippen molar-refractivity contribution in [2.24, 2.45) is 10.2 Å². The Kier molecular flexibility index (Phi) is 5.94. The van der Waals surface area contributed by atoms with Crippen LogP contribution in [0, 0.1) is 6.92 Å². The zero-order valence-corrected chi connectivity index (χ0v) is 21.1. The van der Waals surface area contributed by atoms with E-state index in [9.17, 15) is 9.90 Å². The number of halogens is 1. The molecule has 0 fully saturated rings. The number of para-hydroxylation sites is 1. The zero-order valence-electron chi connectivity index (χ0n) is 19.5. The van der Waals surface area contributed by atoms with Crippen LogP contribution in [-0.2, 0) is 0 Å². The molecular formula is C28H23BrN4O2. The molecule has 5 rings (SSSR count). The lowest BCUT2D eigenvalue weighted by atomic mass is 10.0. The highest BCUT2D eigenvalue weighted by atomic mass is 79.9. The molecule has 0 saturated carbocycles. The molecule has 3 aromatic carbocycles. The highest BCUT2D eigenvalue weighted by Crippen LogP contribution is 2.41. The molecule has 0 bridgehead atoms. The minimum absolute atomic E-state index is 0.0104. The topological polar surface area (TPSA) is 79.8 Å². The van der Waals surface area contributed by atoms with Crippen LogP contribution in [0.5, 0.6) is 5.88 Å². The first-order valence-corrected chi connectivity index (χ1v) is 12.1. The second-order valence-corrected chi connectivity index (χ2v) is 9.66. The van der Waals surface area contributed by atoms with E-state index >= 15 is 0 Å². The fraction of sp³-hybridized carbons (Fsp3) is 0.143. The Morgan fingerprint density at radius 3 is 2.49 bits per heavy atom. The number of aromatic nitrogens is 2. The number of benzene rings is 3. The molecule has 2 heterocycles. The summed E-state index contributed by atoms with van der Waals surface area (Å²) in [7, 11) is 0. The van der Waals surface area contributed by atoms with E-state index in [1.54, 1.807) is 10.6 Å². The summed E-state index contributed by atoms with van der Waals surface area (Å²) in [6.07, 6.45) is 0. The summed E-state index contributed by atoms with van der Waals surface area (Å²) in [6.45, 7) is 5.93. The predicted molar refractivity (Wildman–Crippen MR) is 142 cm³/mol. The quantitative estimate of drug-likeness (QED) is 0.240. The summed E-state index contributed by atoms with van der Waals surface area (Å²) < 4.78 is 2.74. The molecule has 6 nitrogen and oxygen atoms in total. The van der Waals surface area contributed by atoms with Gasteiger partial charge in [-0.2, -0.15) is 0 Å². The average molecular weight is 527 g/mol. The molecule has 0 spiro atoms. The second-order valence-electron chi connectivity index (χ2n) is 8.74. The molecule has 35 heavy (non-hydrogen) atoms. The van der Waals surface area contributed by atoms with Crippen LogP contribution in [0.2, 0.25) is 0 Å². The van der Waals surface area contributed by atoms with Crippen LogP contribution in [0.15, 0.2) is 87.5 Å². The Morgan fingerprint density at radius 1 is 1.00 bits per heavy atom. The number of aryl methyl sites for hydroxylation is 1. The molecule has 0 aliphatic heterocycles. The first kappa shape index (κ1) is 22.9. The van der Waals surface area contributed by atoms with Crippen molar-refractivity contribution in [2.75, 3.05) is 0 Å². The summed E-state index contributed by atoms with van der Waals surface area (Å²) in [5.41, 5.74) is 4.81. The molecular weight excluding hydrogens is 504 g/mol. The lowest BCUT2D eigenvalue weighted by Crippen LogP contribution is -1.99. The second kappa shape index (κ2) is 9.07. The van der Waals surface area contributed by atoms with Crippen molar-refractivity contribution in [2.45, 2.75) is 26.8 Å². The molecule has 0 aliphatic rings. The Bertz CT molecular complexity index is 1620. The smallest absolute Gasteiger partial charge is 0.296 e. The van der Waals surface area contributed by atoms with E-state index in [0.29, 0.717) is 22.2 Å². The Labute approximate surface area is 211 Å². The van der Waals surface area contributed by atoms with E-state index in [-0.39, 0.29) is 17.6 Å². The number of fused-ring (bicyclic) bond motifs is 2. The van der Waals surface area contributed by atoms with Crippen LogP contribution >= 0.6 is 15.9 Å². The van der Waals surface area contributed by atoms with E-state index in [2.05, 4.69) is 26.2 Å². The third-order valence-electron chi connectivity index (χ3n) is 5.95. The van der Waals surface area contributed by atoms with Crippen molar-refractivity contribution in [1.29, 1.82) is 0 Å². The van der Waals surface area contributed by atoms with Gasteiger partial charge in [-0.05, 0) is 57.2 Å². The van der Waals surface area contributed by atoms with Crippen LogP contribution in [0.1, 0.15) is 35.8 Å². The molecule has 5 aromatic rings. The van der Waals surface area contributed by atoms with Crippen molar-refractivity contribution in [3.63, 3.8) is 0 Å². The zero-order chi connectivity index (χ0) is 24.7. The summed E-state index contributed by atoms with van der Waals surface area (Å²) in [4.78, 5) is 18.2. The predicted octanol–water partition coefficient (Wildman–Crippen LogP) is 8.14. The molecule has 0 saturated heterocycles. The number of amides is 1. The fourth-order valence-corrected chi connectivity index (χ4v) is 4.55. The maximum absolute atomic E-state index is 13.4. The number of carbonyl (C=O) groups excluding carboxylic acids is 1. The van der Waals surface area contributed by atoms with Gasteiger partial charge in [0.05, 0.1) is 22.3 Å². The first-order chi connectivity index (χ1) is 16.8. The summed E-state index contributed by atoms with van der Waals surface area (Å²) >= 11 is 3.46. The molecule has 174 valence electrons. The van der Waals surface area contributed by atoms with Crippen molar-refractivity contribution in [3.8, 4) is 17.1 Å². The van der Waals surface area contributed by atoms with Crippen LogP contribution in [0.3, 0.4) is 0 Å². The van der Waals surface area contributed by atoms with Gasteiger partial charge in [-0.25, -0.2) is 4.98 Å². The fourth-order valence-electron chi connectivity index (χ4n) is 4.29. The minimum atomic E-state index is -0.498. The number of azo groups is 1. The number of carbonyl (C=O) groups is 1. The number of aromatic hydroxyl groups is 1. The molecule has 1 amide bonds. The van der Waals surface area contributed by atoms with Gasteiger partial charge in [-0.1, -0.05) is 57.9 Å². The lowest BCUT2D eigenvalue weighted by molar-refractivity contribution is 0.0996. The molecule has 0 aliphatic carbocycles. The van der Waals surface area contributed by atoms with Crippen LogP contribution in [-0.4, -0.2) is 20.6 Å². The molecule has 7 heteroatoms. The minimum Gasteiger partial charge on any atom is -0.493 e. The van der Waals surface area contributed by atoms with Crippen LogP contribution in [0.25, 0.3) is 33.1 Å². The third kappa shape index (κ3) is 4.23. The Balaban J connectivity index is 1.63. The third-order valence-corrected chi connectivity index (χ3v) is 6.48. The maximum atomic E-state index is 13.4. The van der Waals surface area contributed by atoms with Crippen molar-refractivity contribution in [1.82, 2.24) is 9.55 Å². The van der Waals surface area contributed by atoms with E-state index < -0.39 is 5.91 Å². The average Bonchev–Trinajstić information content (AvgIpc) is 3.13. The number of rotatable bonds is 4. The highest BCUT2D eigenvalue weighted by Gasteiger charge is 2.19. The standard InChI is InChI=1S/C28H23BrN4O2/c1-16(2)33-25-7-5-4-6-20(25)26(28(33)35)31-32-27(34)22-15-24(18-9-11-19(29)12-10-18)30-23-13-8-17(3)14-21(22)23/h4-16,35H,1-3H3. The van der Waals surface area contributed by atoms with Crippen LogP contribution < -0.4 is 0 Å². The maximum Gasteiger partial charge on any atom is 0.296 e. The Morgan fingerprint density at radius 2 is 1.74 bits per heavy atom. The van der Waals surface area contributed by atoms with Gasteiger partial charge in [-0.3, -0.25) is 4.79 Å². The summed E-state index contributed by atoms with van der Waals surface area (Å²) in [5.74, 6) is -0.508. The van der Waals surface area contributed by atoms with Crippen molar-refractivity contribution < 1.29 is 9.90 Å². The largest absolute Gasteiger partial charge is 0.493 e. The van der Waals surface area contributed by atoms with E-state index in [0.717, 1.165) is 26.5 Å². The number of hydrogen-bond acceptors (Lipinski definition) is 4. The van der Waals surface area contributed by atoms with Gasteiger partial charge in [0.1, 0.15) is 0 Å². The summed E-state index contributed by atoms with van der Waals surface area (Å²) in [6, 6.07) is 22.9. The summed E-state index contributed by atoms with van der Waals surface area (Å²) in [5, 5.41) is 20.6. The Hall–Kier alpha value is -3.84. The first-order valence-electron chi connectivity index (χ1n) is 11.3. The SMILES string of the molecule is Cc1ccc2nc(-c3ccc(Br)cc3)cc(C(=O)N=Nc3c(O)n(C(C)C)c4ccccc34)c2c1. The number of pyridine rings is 1. The van der Waals surface area contributed by atoms with Gasteiger partial charge in [-0.15, -0.1) is 10.2 Å². The number of hydrogen-bond donors (Lipinski definition) is 1. The van der Waals surface area contributed by atoms with Gasteiger partial charge in [0, 0.05) is 26.9 Å². The molecule has 1 N–H and O–H groups in total. The van der Waals surface area contributed by atoms with Crippen LogP contribution in [0.4, 0.5) is 5.69 Å². The van der Waals surface area contributed by atoms with E-state index in [4.69, 9.17) is 4.98 Å². The highest BCUT2D eigenvalue weighted by molar-refractivity contribution is 9.10.